The number of halogens is 2. The van der Waals surface area contributed by atoms with E-state index in [4.69, 9.17) is 11.6 Å². The van der Waals surface area contributed by atoms with Gasteiger partial charge in [0.2, 0.25) is 10.0 Å². The lowest BCUT2D eigenvalue weighted by molar-refractivity contribution is 0.184. The molecule has 0 spiro atoms. The van der Waals surface area contributed by atoms with Crippen LogP contribution in [-0.2, 0) is 10.0 Å². The van der Waals surface area contributed by atoms with Crippen LogP contribution in [0, 0.1) is 5.82 Å². The SMILES string of the molecule is O=C(Nc1ccc(Cl)cc1F)N1CCN(S(=O)(=O)c2ccccc2)CC1. The third-order valence-corrected chi connectivity index (χ3v) is 6.23. The fourth-order valence-corrected chi connectivity index (χ4v) is 4.26. The van der Waals surface area contributed by atoms with Crippen LogP contribution in [0.4, 0.5) is 14.9 Å². The van der Waals surface area contributed by atoms with E-state index in [1.54, 1.807) is 18.2 Å². The van der Waals surface area contributed by atoms with Crippen molar-refractivity contribution in [1.82, 2.24) is 9.21 Å². The van der Waals surface area contributed by atoms with Crippen molar-refractivity contribution in [3.8, 4) is 0 Å². The Labute approximate surface area is 156 Å². The van der Waals surface area contributed by atoms with Crippen LogP contribution < -0.4 is 5.32 Å². The van der Waals surface area contributed by atoms with Crippen LogP contribution in [0.5, 0.6) is 0 Å². The second-order valence-electron chi connectivity index (χ2n) is 5.76. The summed E-state index contributed by atoms with van der Waals surface area (Å²) in [6.07, 6.45) is 0. The van der Waals surface area contributed by atoms with Crippen molar-refractivity contribution < 1.29 is 17.6 Å². The molecule has 2 amide bonds. The van der Waals surface area contributed by atoms with Gasteiger partial charge >= 0.3 is 6.03 Å². The Bertz CT molecular complexity index is 901. The summed E-state index contributed by atoms with van der Waals surface area (Å²) in [6, 6.07) is 11.6. The first-order chi connectivity index (χ1) is 12.4. The van der Waals surface area contributed by atoms with Crippen LogP contribution >= 0.6 is 11.6 Å². The van der Waals surface area contributed by atoms with Gasteiger partial charge in [-0.15, -0.1) is 0 Å². The van der Waals surface area contributed by atoms with E-state index >= 15 is 0 Å². The zero-order valence-corrected chi connectivity index (χ0v) is 15.3. The number of nitrogens with one attached hydrogen (secondary N) is 1. The zero-order chi connectivity index (χ0) is 18.7. The minimum absolute atomic E-state index is 0.0266. The van der Waals surface area contributed by atoms with E-state index in [0.29, 0.717) is 0 Å². The van der Waals surface area contributed by atoms with Gasteiger partial charge in [0.05, 0.1) is 10.6 Å². The number of hydrogen-bond acceptors (Lipinski definition) is 3. The molecule has 1 N–H and O–H groups in total. The minimum atomic E-state index is -3.58. The van der Waals surface area contributed by atoms with E-state index in [2.05, 4.69) is 5.32 Å². The molecule has 0 aromatic heterocycles. The standard InChI is InChI=1S/C17H17ClFN3O3S/c18-13-6-7-16(15(19)12-13)20-17(23)21-8-10-22(11-9-21)26(24,25)14-4-2-1-3-5-14/h1-7,12H,8-11H2,(H,20,23). The van der Waals surface area contributed by atoms with Gasteiger partial charge in [0.25, 0.3) is 0 Å². The number of carbonyl (C=O) groups excluding carboxylic acids is 1. The molecule has 2 aromatic rings. The number of amides is 2. The Morgan fingerprint density at radius 3 is 2.31 bits per heavy atom. The molecule has 0 atom stereocenters. The molecule has 2 aromatic carbocycles. The van der Waals surface area contributed by atoms with Crippen LogP contribution in [0.1, 0.15) is 0 Å². The third-order valence-electron chi connectivity index (χ3n) is 4.08. The first-order valence-corrected chi connectivity index (χ1v) is 9.76. The highest BCUT2D eigenvalue weighted by atomic mass is 35.5. The van der Waals surface area contributed by atoms with Crippen molar-refractivity contribution in [2.24, 2.45) is 0 Å². The predicted molar refractivity (Wildman–Crippen MR) is 97.2 cm³/mol. The molecule has 1 heterocycles. The molecule has 0 radical (unpaired) electrons. The fraction of sp³-hybridized carbons (Fsp3) is 0.235. The quantitative estimate of drug-likeness (QED) is 0.865. The van der Waals surface area contributed by atoms with E-state index in [0.717, 1.165) is 6.07 Å². The van der Waals surface area contributed by atoms with E-state index < -0.39 is 21.9 Å². The van der Waals surface area contributed by atoms with Crippen molar-refractivity contribution in [3.05, 3.63) is 59.4 Å². The molecule has 0 saturated carbocycles. The summed E-state index contributed by atoms with van der Waals surface area (Å²) in [5.41, 5.74) is 0.0266. The summed E-state index contributed by atoms with van der Waals surface area (Å²) in [6.45, 7) is 0.779. The highest BCUT2D eigenvalue weighted by molar-refractivity contribution is 7.89. The summed E-state index contributed by atoms with van der Waals surface area (Å²) in [5, 5.41) is 2.71. The lowest BCUT2D eigenvalue weighted by atomic mass is 10.3. The van der Waals surface area contributed by atoms with Gasteiger partial charge in [-0.1, -0.05) is 29.8 Å². The number of hydrogen-bond donors (Lipinski definition) is 1. The molecule has 9 heteroatoms. The average Bonchev–Trinajstić information content (AvgIpc) is 2.65. The lowest BCUT2D eigenvalue weighted by Gasteiger charge is -2.34. The second kappa shape index (κ2) is 7.61. The number of urea groups is 1. The van der Waals surface area contributed by atoms with Gasteiger partial charge in [0, 0.05) is 31.2 Å². The van der Waals surface area contributed by atoms with Gasteiger partial charge in [-0.3, -0.25) is 0 Å². The molecule has 3 rings (SSSR count). The van der Waals surface area contributed by atoms with Crippen molar-refractivity contribution in [2.45, 2.75) is 4.90 Å². The maximum absolute atomic E-state index is 13.8. The smallest absolute Gasteiger partial charge is 0.322 e. The molecule has 1 aliphatic heterocycles. The van der Waals surface area contributed by atoms with Crippen LogP contribution in [0.2, 0.25) is 5.02 Å². The molecule has 0 aliphatic carbocycles. The number of piperazine rings is 1. The molecule has 6 nitrogen and oxygen atoms in total. The zero-order valence-electron chi connectivity index (χ0n) is 13.7. The first kappa shape index (κ1) is 18.6. The van der Waals surface area contributed by atoms with Crippen LogP contribution in [0.15, 0.2) is 53.4 Å². The Balaban J connectivity index is 1.62. The molecule has 26 heavy (non-hydrogen) atoms. The van der Waals surface area contributed by atoms with Gasteiger partial charge in [0.15, 0.2) is 0 Å². The Morgan fingerprint density at radius 1 is 1.04 bits per heavy atom. The summed E-state index contributed by atoms with van der Waals surface area (Å²) in [5.74, 6) is -0.629. The summed E-state index contributed by atoms with van der Waals surface area (Å²) >= 11 is 5.69. The molecule has 1 saturated heterocycles. The molecular weight excluding hydrogens is 381 g/mol. The summed E-state index contributed by atoms with van der Waals surface area (Å²) in [4.78, 5) is 14.0. The van der Waals surface area contributed by atoms with Crippen molar-refractivity contribution in [2.75, 3.05) is 31.5 Å². The molecule has 1 aliphatic rings. The van der Waals surface area contributed by atoms with Crippen LogP contribution in [0.25, 0.3) is 0 Å². The highest BCUT2D eigenvalue weighted by Crippen LogP contribution is 2.20. The topological polar surface area (TPSA) is 69.7 Å². The predicted octanol–water partition coefficient (Wildman–Crippen LogP) is 3.02. The van der Waals surface area contributed by atoms with Crippen LogP contribution in [-0.4, -0.2) is 49.8 Å². The monoisotopic (exact) mass is 397 g/mol. The van der Waals surface area contributed by atoms with Gasteiger partial charge < -0.3 is 10.2 Å². The number of nitrogens with zero attached hydrogens (tertiary/aromatic N) is 2. The maximum Gasteiger partial charge on any atom is 0.322 e. The first-order valence-electron chi connectivity index (χ1n) is 7.94. The summed E-state index contributed by atoms with van der Waals surface area (Å²) in [7, 11) is -3.58. The Hall–Kier alpha value is -2.16. The van der Waals surface area contributed by atoms with E-state index in [-0.39, 0.29) is 41.8 Å². The van der Waals surface area contributed by atoms with Crippen molar-refractivity contribution in [3.63, 3.8) is 0 Å². The summed E-state index contributed by atoms with van der Waals surface area (Å²) < 4.78 is 40.3. The van der Waals surface area contributed by atoms with Gasteiger partial charge in [-0.25, -0.2) is 17.6 Å². The number of carbonyl (C=O) groups is 1. The molecular formula is C17H17ClFN3O3S. The van der Waals surface area contributed by atoms with E-state index in [1.807, 2.05) is 0 Å². The number of sulfonamides is 1. The van der Waals surface area contributed by atoms with Crippen LogP contribution in [0.3, 0.4) is 0 Å². The second-order valence-corrected chi connectivity index (χ2v) is 8.13. The number of benzene rings is 2. The normalized spacial score (nSPS) is 15.7. The highest BCUT2D eigenvalue weighted by Gasteiger charge is 2.30. The maximum atomic E-state index is 13.8. The van der Waals surface area contributed by atoms with Gasteiger partial charge in [-0.05, 0) is 30.3 Å². The van der Waals surface area contributed by atoms with Gasteiger partial charge in [-0.2, -0.15) is 4.31 Å². The van der Waals surface area contributed by atoms with Crippen molar-refractivity contribution >= 4 is 33.3 Å². The van der Waals surface area contributed by atoms with E-state index in [9.17, 15) is 17.6 Å². The lowest BCUT2D eigenvalue weighted by Crippen LogP contribution is -2.51. The number of anilines is 1. The minimum Gasteiger partial charge on any atom is -0.322 e. The van der Waals surface area contributed by atoms with Gasteiger partial charge in [0.1, 0.15) is 5.82 Å². The Kier molecular flexibility index (Phi) is 5.45. The van der Waals surface area contributed by atoms with Crippen molar-refractivity contribution in [1.29, 1.82) is 0 Å². The fourth-order valence-electron chi connectivity index (χ4n) is 2.66. The average molecular weight is 398 g/mol. The molecule has 0 bridgehead atoms. The molecule has 1 fully saturated rings. The Morgan fingerprint density at radius 2 is 1.69 bits per heavy atom. The molecule has 0 unspecified atom stereocenters. The largest absolute Gasteiger partial charge is 0.322 e. The third kappa shape index (κ3) is 3.98. The number of rotatable bonds is 3. The molecule has 138 valence electrons. The van der Waals surface area contributed by atoms with E-state index in [1.165, 1.54) is 33.5 Å².